The molecule has 300 valence electrons. The second-order valence-electron chi connectivity index (χ2n) is 12.7. The van der Waals surface area contributed by atoms with Crippen LogP contribution in [0, 0.1) is 0 Å². The third-order valence-electron chi connectivity index (χ3n) is 7.69. The Balaban J connectivity index is 4.17. The summed E-state index contributed by atoms with van der Waals surface area (Å²) in [4.78, 5) is 42.7. The van der Waals surface area contributed by atoms with Gasteiger partial charge in [-0.1, -0.05) is 143 Å². The van der Waals surface area contributed by atoms with Gasteiger partial charge in [-0.3, -0.25) is 14.1 Å². The standard InChI is InChI=1S/C43H69O9P/c1-3-5-7-8-9-10-11-12-13-14-15-16-19-23-26-29-33-37-43(46)52-41(39-51-53(47,48)49)38-50-42(45)36-32-28-25-22-20-17-18-21-24-27-31-35-40(44)34-30-6-4-2/h5,7,9-10,12-13,15-18,22,24-25,27,31,35,40-41,44H,3-4,6,8,11,14,19-21,23,26,28-30,32-34,36-39H2,1-2H3,(H2,47,48,49)/b7-5-,10-9-,13-12-,16-15-,18-17-,25-22-,27-24-,35-31+/t40-,41-/m1/s1. The van der Waals surface area contributed by atoms with Gasteiger partial charge < -0.3 is 24.4 Å². The Bertz CT molecular complexity index is 1190. The van der Waals surface area contributed by atoms with Crippen molar-refractivity contribution in [3.8, 4) is 0 Å². The minimum Gasteiger partial charge on any atom is -0.462 e. The summed E-state index contributed by atoms with van der Waals surface area (Å²) < 4.78 is 26.2. The lowest BCUT2D eigenvalue weighted by Crippen LogP contribution is -2.29. The molecule has 0 unspecified atom stereocenters. The molecule has 0 aromatic heterocycles. The summed E-state index contributed by atoms with van der Waals surface area (Å²) in [7, 11) is -4.79. The van der Waals surface area contributed by atoms with Crippen LogP contribution < -0.4 is 0 Å². The Morgan fingerprint density at radius 1 is 0.604 bits per heavy atom. The van der Waals surface area contributed by atoms with Gasteiger partial charge in [-0.25, -0.2) is 4.57 Å². The van der Waals surface area contributed by atoms with Gasteiger partial charge >= 0.3 is 19.8 Å². The van der Waals surface area contributed by atoms with Crippen LogP contribution in [-0.4, -0.2) is 52.3 Å². The largest absolute Gasteiger partial charge is 0.469 e. The summed E-state index contributed by atoms with van der Waals surface area (Å²) in [6.07, 6.45) is 47.4. The normalized spacial score (nSPS) is 14.1. The monoisotopic (exact) mass is 760 g/mol. The molecule has 0 aliphatic rings. The molecule has 53 heavy (non-hydrogen) atoms. The van der Waals surface area contributed by atoms with E-state index in [4.69, 9.17) is 19.3 Å². The van der Waals surface area contributed by atoms with Crippen molar-refractivity contribution in [1.29, 1.82) is 0 Å². The third kappa shape index (κ3) is 40.0. The summed E-state index contributed by atoms with van der Waals surface area (Å²) in [6, 6.07) is 0. The van der Waals surface area contributed by atoms with Crippen molar-refractivity contribution in [2.45, 2.75) is 148 Å². The number of carbonyl (C=O) groups excluding carboxylic acids is 2. The fourth-order valence-electron chi connectivity index (χ4n) is 4.76. The number of allylic oxidation sites excluding steroid dienone is 15. The Morgan fingerprint density at radius 3 is 1.75 bits per heavy atom. The molecular formula is C43H69O9P. The van der Waals surface area contributed by atoms with Crippen LogP contribution in [0.2, 0.25) is 0 Å². The zero-order valence-electron chi connectivity index (χ0n) is 32.5. The molecular weight excluding hydrogens is 691 g/mol. The average molecular weight is 761 g/mol. The van der Waals surface area contributed by atoms with Crippen LogP contribution in [0.4, 0.5) is 0 Å². The average Bonchev–Trinajstić information content (AvgIpc) is 3.12. The molecule has 0 fully saturated rings. The second kappa shape index (κ2) is 37.3. The lowest BCUT2D eigenvalue weighted by molar-refractivity contribution is -0.161. The van der Waals surface area contributed by atoms with Gasteiger partial charge in [0.15, 0.2) is 6.10 Å². The van der Waals surface area contributed by atoms with E-state index in [2.05, 4.69) is 79.1 Å². The summed E-state index contributed by atoms with van der Waals surface area (Å²) in [5.74, 6) is -1.02. The number of carbonyl (C=O) groups is 2. The maximum absolute atomic E-state index is 12.4. The molecule has 0 heterocycles. The van der Waals surface area contributed by atoms with E-state index in [0.29, 0.717) is 19.3 Å². The third-order valence-corrected chi connectivity index (χ3v) is 8.18. The molecule has 0 spiro atoms. The first-order valence-electron chi connectivity index (χ1n) is 19.6. The molecule has 0 saturated heterocycles. The van der Waals surface area contributed by atoms with Crippen molar-refractivity contribution in [2.75, 3.05) is 13.2 Å². The molecule has 0 aliphatic heterocycles. The van der Waals surface area contributed by atoms with Gasteiger partial charge in [-0.15, -0.1) is 0 Å². The minimum atomic E-state index is -4.79. The van der Waals surface area contributed by atoms with E-state index in [1.165, 1.54) is 0 Å². The quantitative estimate of drug-likeness (QED) is 0.0192. The summed E-state index contributed by atoms with van der Waals surface area (Å²) in [5.41, 5.74) is 0. The second-order valence-corrected chi connectivity index (χ2v) is 14.0. The number of aliphatic hydroxyl groups is 1. The highest BCUT2D eigenvalue weighted by molar-refractivity contribution is 7.46. The molecule has 2 atom stereocenters. The maximum Gasteiger partial charge on any atom is 0.469 e. The molecule has 10 heteroatoms. The first-order chi connectivity index (χ1) is 25.7. The van der Waals surface area contributed by atoms with Crippen molar-refractivity contribution in [3.05, 3.63) is 97.2 Å². The Morgan fingerprint density at radius 2 is 1.15 bits per heavy atom. The zero-order valence-corrected chi connectivity index (χ0v) is 33.4. The number of esters is 2. The van der Waals surface area contributed by atoms with Crippen LogP contribution >= 0.6 is 7.82 Å². The van der Waals surface area contributed by atoms with E-state index in [1.54, 1.807) is 0 Å². The highest BCUT2D eigenvalue weighted by atomic mass is 31.2. The number of phosphoric ester groups is 1. The SMILES string of the molecule is CC/C=C\C/C=C\C/C=C\C/C=C\CCCCCCC(=O)O[C@H](COC(=O)CCC/C=C\C/C=C\C/C=C\C=C\[C@H](O)CCCCC)COP(=O)(O)O. The topological polar surface area (TPSA) is 140 Å². The van der Waals surface area contributed by atoms with Crippen molar-refractivity contribution < 1.29 is 43.0 Å². The van der Waals surface area contributed by atoms with Crippen molar-refractivity contribution in [3.63, 3.8) is 0 Å². The van der Waals surface area contributed by atoms with Crippen LogP contribution in [0.1, 0.15) is 136 Å². The van der Waals surface area contributed by atoms with Gasteiger partial charge in [0, 0.05) is 12.8 Å². The molecule has 0 saturated carbocycles. The Hall–Kier alpha value is -3.07. The van der Waals surface area contributed by atoms with E-state index in [9.17, 15) is 19.3 Å². The highest BCUT2D eigenvalue weighted by Gasteiger charge is 2.22. The van der Waals surface area contributed by atoms with E-state index >= 15 is 0 Å². The number of unbranched alkanes of at least 4 members (excludes halogenated alkanes) is 7. The molecule has 3 N–H and O–H groups in total. The molecule has 0 aromatic rings. The molecule has 0 rings (SSSR count). The first-order valence-corrected chi connectivity index (χ1v) is 21.2. The predicted octanol–water partition coefficient (Wildman–Crippen LogP) is 10.8. The number of hydrogen-bond acceptors (Lipinski definition) is 7. The molecule has 0 amide bonds. The summed E-state index contributed by atoms with van der Waals surface area (Å²) in [6.45, 7) is 3.35. The predicted molar refractivity (Wildman–Crippen MR) is 217 cm³/mol. The number of aliphatic hydroxyl groups excluding tert-OH is 1. The number of phosphoric acid groups is 1. The van der Waals surface area contributed by atoms with Crippen molar-refractivity contribution >= 4 is 19.8 Å². The molecule has 0 aromatic carbocycles. The summed E-state index contributed by atoms with van der Waals surface area (Å²) >= 11 is 0. The first kappa shape index (κ1) is 49.9. The molecule has 0 radical (unpaired) electrons. The Labute approximate surface area is 320 Å². The molecule has 0 aliphatic carbocycles. The zero-order chi connectivity index (χ0) is 39.1. The van der Waals surface area contributed by atoms with Crippen LogP contribution in [0.5, 0.6) is 0 Å². The van der Waals surface area contributed by atoms with Crippen LogP contribution in [-0.2, 0) is 28.2 Å². The Kier molecular flexibility index (Phi) is 35.1. The van der Waals surface area contributed by atoms with Crippen molar-refractivity contribution in [2.24, 2.45) is 0 Å². The van der Waals surface area contributed by atoms with Gasteiger partial charge in [0.1, 0.15) is 6.61 Å². The van der Waals surface area contributed by atoms with E-state index in [1.807, 2.05) is 36.5 Å². The maximum atomic E-state index is 12.4. The van der Waals surface area contributed by atoms with E-state index in [-0.39, 0.29) is 25.6 Å². The fraction of sp³-hybridized carbons (Fsp3) is 0.581. The van der Waals surface area contributed by atoms with E-state index in [0.717, 1.165) is 89.9 Å². The van der Waals surface area contributed by atoms with Crippen LogP contribution in [0.15, 0.2) is 97.2 Å². The smallest absolute Gasteiger partial charge is 0.462 e. The van der Waals surface area contributed by atoms with Gasteiger partial charge in [0.05, 0.1) is 12.7 Å². The number of ether oxygens (including phenoxy) is 2. The van der Waals surface area contributed by atoms with Crippen LogP contribution in [0.25, 0.3) is 0 Å². The van der Waals surface area contributed by atoms with Crippen LogP contribution in [0.3, 0.4) is 0 Å². The van der Waals surface area contributed by atoms with Gasteiger partial charge in [-0.2, -0.15) is 0 Å². The van der Waals surface area contributed by atoms with Gasteiger partial charge in [0.25, 0.3) is 0 Å². The van der Waals surface area contributed by atoms with Gasteiger partial charge in [-0.05, 0) is 77.0 Å². The molecule has 9 nitrogen and oxygen atoms in total. The van der Waals surface area contributed by atoms with Gasteiger partial charge in [0.2, 0.25) is 0 Å². The molecule has 0 bridgehead atoms. The lowest BCUT2D eigenvalue weighted by atomic mass is 10.1. The highest BCUT2D eigenvalue weighted by Crippen LogP contribution is 2.36. The lowest BCUT2D eigenvalue weighted by Gasteiger charge is -2.18. The summed E-state index contributed by atoms with van der Waals surface area (Å²) in [5, 5.41) is 9.86. The number of rotatable bonds is 34. The number of hydrogen-bond donors (Lipinski definition) is 3. The van der Waals surface area contributed by atoms with Crippen molar-refractivity contribution in [1.82, 2.24) is 0 Å². The van der Waals surface area contributed by atoms with E-state index < -0.39 is 32.5 Å². The fourth-order valence-corrected chi connectivity index (χ4v) is 5.12. The minimum absolute atomic E-state index is 0.157.